The molecule has 0 aliphatic rings. The van der Waals surface area contributed by atoms with E-state index >= 15 is 0 Å². The van der Waals surface area contributed by atoms with Crippen molar-refractivity contribution in [3.8, 4) is 0 Å². The number of amides is 1. The van der Waals surface area contributed by atoms with Gasteiger partial charge in [-0.05, 0) is 32.9 Å². The van der Waals surface area contributed by atoms with Crippen molar-refractivity contribution in [1.29, 1.82) is 0 Å². The van der Waals surface area contributed by atoms with Gasteiger partial charge < -0.3 is 4.90 Å². The third-order valence-corrected chi connectivity index (χ3v) is 5.14. The van der Waals surface area contributed by atoms with Gasteiger partial charge in [0.2, 0.25) is 5.91 Å². The summed E-state index contributed by atoms with van der Waals surface area (Å²) in [5, 5.41) is 0. The van der Waals surface area contributed by atoms with Crippen LogP contribution in [0, 0.1) is 0 Å². The summed E-state index contributed by atoms with van der Waals surface area (Å²) in [4.78, 5) is 16.5. The van der Waals surface area contributed by atoms with Crippen LogP contribution in [0.5, 0.6) is 0 Å². The van der Waals surface area contributed by atoms with Gasteiger partial charge in [0.25, 0.3) is 0 Å². The molecule has 0 radical (unpaired) electrons. The molecule has 1 aromatic rings. The largest absolute Gasteiger partial charge is 0.335 e. The average Bonchev–Trinajstić information content (AvgIpc) is 2.48. The number of rotatable bonds is 9. The number of benzene rings is 1. The van der Waals surface area contributed by atoms with E-state index in [4.69, 9.17) is 0 Å². The minimum Gasteiger partial charge on any atom is -0.335 e. The van der Waals surface area contributed by atoms with Crippen LogP contribution in [0.25, 0.3) is 0 Å². The van der Waals surface area contributed by atoms with Gasteiger partial charge in [0.15, 0.2) is 0 Å². The normalized spacial score (nSPS) is 13.3. The molecule has 0 aromatic heterocycles. The van der Waals surface area contributed by atoms with Crippen LogP contribution in [0.2, 0.25) is 0 Å². The fourth-order valence-corrected chi connectivity index (χ4v) is 3.81. The first kappa shape index (κ1) is 20.6. The molecule has 6 heteroatoms. The zero-order valence-corrected chi connectivity index (χ0v) is 16.2. The standard InChI is InChI=1S/C18H30N2O3S/c1-6-19(16(4)14-24(5,22)23)13-18(21)20(15(2)3)12-17-10-8-7-9-11-17/h7-11,15-16H,6,12-14H2,1-5H3. The molecule has 5 nitrogen and oxygen atoms in total. The number of hydrogen-bond donors (Lipinski definition) is 0. The van der Waals surface area contributed by atoms with Gasteiger partial charge in [-0.1, -0.05) is 37.3 Å². The summed E-state index contributed by atoms with van der Waals surface area (Å²) in [5.74, 6) is 0.0881. The lowest BCUT2D eigenvalue weighted by molar-refractivity contribution is -0.135. The van der Waals surface area contributed by atoms with Crippen molar-refractivity contribution < 1.29 is 13.2 Å². The Morgan fingerprint density at radius 1 is 1.12 bits per heavy atom. The maximum absolute atomic E-state index is 12.8. The molecule has 0 heterocycles. The second kappa shape index (κ2) is 9.18. The van der Waals surface area contributed by atoms with Crippen molar-refractivity contribution in [3.63, 3.8) is 0 Å². The van der Waals surface area contributed by atoms with Crippen LogP contribution in [-0.4, -0.2) is 61.3 Å². The summed E-state index contributed by atoms with van der Waals surface area (Å²) in [6.07, 6.45) is 1.23. The molecule has 1 rings (SSSR count). The summed E-state index contributed by atoms with van der Waals surface area (Å²) in [6, 6.07) is 9.80. The van der Waals surface area contributed by atoms with Crippen molar-refractivity contribution in [2.24, 2.45) is 0 Å². The van der Waals surface area contributed by atoms with E-state index in [1.807, 2.05) is 67.8 Å². The Bertz CT molecular complexity index is 614. The highest BCUT2D eigenvalue weighted by Gasteiger charge is 2.23. The van der Waals surface area contributed by atoms with E-state index in [9.17, 15) is 13.2 Å². The molecular formula is C18H30N2O3S. The second-order valence-corrected chi connectivity index (χ2v) is 8.79. The highest BCUT2D eigenvalue weighted by molar-refractivity contribution is 7.90. The molecule has 0 saturated heterocycles. The first-order valence-electron chi connectivity index (χ1n) is 8.39. The molecule has 0 spiro atoms. The van der Waals surface area contributed by atoms with E-state index in [2.05, 4.69) is 0 Å². The Kier molecular flexibility index (Phi) is 7.90. The fourth-order valence-electron chi connectivity index (χ4n) is 2.73. The Balaban J connectivity index is 2.79. The SMILES string of the molecule is CCN(CC(=O)N(Cc1ccccc1)C(C)C)C(C)CS(C)(=O)=O. The Labute approximate surface area is 146 Å². The van der Waals surface area contributed by atoms with Crippen molar-refractivity contribution in [2.75, 3.05) is 25.1 Å². The molecular weight excluding hydrogens is 324 g/mol. The molecule has 1 amide bonds. The van der Waals surface area contributed by atoms with Crippen LogP contribution in [0.3, 0.4) is 0 Å². The highest BCUT2D eigenvalue weighted by atomic mass is 32.2. The molecule has 136 valence electrons. The van der Waals surface area contributed by atoms with Gasteiger partial charge in [-0.3, -0.25) is 9.69 Å². The van der Waals surface area contributed by atoms with Crippen LogP contribution in [0.4, 0.5) is 0 Å². The molecule has 24 heavy (non-hydrogen) atoms. The van der Waals surface area contributed by atoms with Crippen LogP contribution < -0.4 is 0 Å². The van der Waals surface area contributed by atoms with Crippen LogP contribution in [0.15, 0.2) is 30.3 Å². The first-order valence-corrected chi connectivity index (χ1v) is 10.4. The van der Waals surface area contributed by atoms with E-state index < -0.39 is 9.84 Å². The Morgan fingerprint density at radius 2 is 1.71 bits per heavy atom. The summed E-state index contributed by atoms with van der Waals surface area (Å²) in [5.41, 5.74) is 1.09. The van der Waals surface area contributed by atoms with Gasteiger partial charge in [-0.25, -0.2) is 8.42 Å². The third kappa shape index (κ3) is 7.01. The second-order valence-electron chi connectivity index (χ2n) is 6.61. The van der Waals surface area contributed by atoms with Crippen molar-refractivity contribution >= 4 is 15.7 Å². The van der Waals surface area contributed by atoms with E-state index in [0.717, 1.165) is 5.56 Å². The Hall–Kier alpha value is -1.40. The fraction of sp³-hybridized carbons (Fsp3) is 0.611. The molecule has 0 bridgehead atoms. The predicted molar refractivity (Wildman–Crippen MR) is 98.5 cm³/mol. The minimum absolute atomic E-state index is 0.0241. The molecule has 0 fully saturated rings. The van der Waals surface area contributed by atoms with Gasteiger partial charge in [-0.2, -0.15) is 0 Å². The molecule has 0 aliphatic heterocycles. The van der Waals surface area contributed by atoms with Crippen LogP contribution in [-0.2, 0) is 21.2 Å². The topological polar surface area (TPSA) is 57.7 Å². The van der Waals surface area contributed by atoms with E-state index in [0.29, 0.717) is 13.1 Å². The zero-order valence-electron chi connectivity index (χ0n) is 15.4. The minimum atomic E-state index is -3.07. The van der Waals surface area contributed by atoms with Crippen LogP contribution in [0.1, 0.15) is 33.3 Å². The lowest BCUT2D eigenvalue weighted by Crippen LogP contribution is -2.47. The number of carbonyl (C=O) groups excluding carboxylic acids is 1. The summed E-state index contributed by atoms with van der Waals surface area (Å²) >= 11 is 0. The van der Waals surface area contributed by atoms with Gasteiger partial charge in [-0.15, -0.1) is 0 Å². The third-order valence-electron chi connectivity index (χ3n) is 4.05. The monoisotopic (exact) mass is 354 g/mol. The van der Waals surface area contributed by atoms with Crippen molar-refractivity contribution in [3.05, 3.63) is 35.9 Å². The average molecular weight is 355 g/mol. The van der Waals surface area contributed by atoms with E-state index in [1.54, 1.807) is 0 Å². The van der Waals surface area contributed by atoms with Gasteiger partial charge in [0, 0.05) is 24.9 Å². The summed E-state index contributed by atoms with van der Waals surface area (Å²) in [7, 11) is -3.07. The number of carbonyl (C=O) groups is 1. The number of sulfone groups is 1. The predicted octanol–water partition coefficient (Wildman–Crippen LogP) is 2.18. The molecule has 0 aliphatic carbocycles. The first-order chi connectivity index (χ1) is 11.1. The molecule has 1 unspecified atom stereocenters. The number of nitrogens with zero attached hydrogens (tertiary/aromatic N) is 2. The molecule has 0 saturated carbocycles. The van der Waals surface area contributed by atoms with Gasteiger partial charge >= 0.3 is 0 Å². The lowest BCUT2D eigenvalue weighted by Gasteiger charge is -2.32. The van der Waals surface area contributed by atoms with E-state index in [1.165, 1.54) is 6.26 Å². The summed E-state index contributed by atoms with van der Waals surface area (Å²) < 4.78 is 23.0. The van der Waals surface area contributed by atoms with Crippen molar-refractivity contribution in [2.45, 2.75) is 46.3 Å². The maximum atomic E-state index is 12.8. The molecule has 0 N–H and O–H groups in total. The number of hydrogen-bond acceptors (Lipinski definition) is 4. The van der Waals surface area contributed by atoms with E-state index in [-0.39, 0.29) is 30.3 Å². The van der Waals surface area contributed by atoms with Crippen LogP contribution >= 0.6 is 0 Å². The Morgan fingerprint density at radius 3 is 2.17 bits per heavy atom. The maximum Gasteiger partial charge on any atom is 0.237 e. The number of likely N-dealkylation sites (N-methyl/N-ethyl adjacent to an activating group) is 1. The molecule has 1 aromatic carbocycles. The molecule has 1 atom stereocenters. The van der Waals surface area contributed by atoms with Crippen molar-refractivity contribution in [1.82, 2.24) is 9.80 Å². The zero-order chi connectivity index (χ0) is 18.3. The van der Waals surface area contributed by atoms with Gasteiger partial charge in [0.05, 0.1) is 12.3 Å². The quantitative estimate of drug-likeness (QED) is 0.682. The van der Waals surface area contributed by atoms with Gasteiger partial charge in [0.1, 0.15) is 9.84 Å². The smallest absolute Gasteiger partial charge is 0.237 e. The lowest BCUT2D eigenvalue weighted by atomic mass is 10.2. The summed E-state index contributed by atoms with van der Waals surface area (Å²) in [6.45, 7) is 9.24. The highest BCUT2D eigenvalue weighted by Crippen LogP contribution is 2.11.